The largest absolute Gasteiger partial charge is 0.366 e. The number of likely N-dealkylation sites (N-methyl/N-ethyl adjacent to an activating group) is 1. The highest BCUT2D eigenvalue weighted by atomic mass is 35.5. The van der Waals surface area contributed by atoms with Gasteiger partial charge in [0.2, 0.25) is 0 Å². The predicted molar refractivity (Wildman–Crippen MR) is 95.0 cm³/mol. The Labute approximate surface area is 146 Å². The van der Waals surface area contributed by atoms with Crippen molar-refractivity contribution in [2.24, 2.45) is 0 Å². The molecule has 0 aliphatic carbocycles. The molecular weight excluding hydrogens is 326 g/mol. The standard InChI is InChI=1S/C17H19N5O.ClH/c1-22-8-7-18-11-15(22)16-20-17(23-21-16)14-10-19-9-13(14)12-5-3-2-4-6-12;/h2-6,9-10,15,18-19H,7-8,11H2,1H3;1H. The molecule has 1 aliphatic heterocycles. The fourth-order valence-electron chi connectivity index (χ4n) is 2.97. The van der Waals surface area contributed by atoms with Crippen LogP contribution in [0.3, 0.4) is 0 Å². The van der Waals surface area contributed by atoms with E-state index in [9.17, 15) is 0 Å². The van der Waals surface area contributed by atoms with Gasteiger partial charge in [-0.05, 0) is 12.6 Å². The second-order valence-corrected chi connectivity index (χ2v) is 5.81. The van der Waals surface area contributed by atoms with Crippen molar-refractivity contribution in [1.29, 1.82) is 0 Å². The van der Waals surface area contributed by atoms with Gasteiger partial charge in [0.25, 0.3) is 5.89 Å². The van der Waals surface area contributed by atoms with Crippen LogP contribution in [-0.4, -0.2) is 46.7 Å². The van der Waals surface area contributed by atoms with E-state index in [1.807, 2.05) is 30.6 Å². The van der Waals surface area contributed by atoms with E-state index in [0.717, 1.165) is 42.1 Å². The highest BCUT2D eigenvalue weighted by Crippen LogP contribution is 2.31. The molecule has 0 saturated carbocycles. The Hall–Kier alpha value is -2.15. The van der Waals surface area contributed by atoms with Crippen molar-refractivity contribution in [3.63, 3.8) is 0 Å². The number of hydrogen-bond acceptors (Lipinski definition) is 5. The fourth-order valence-corrected chi connectivity index (χ4v) is 2.97. The second kappa shape index (κ2) is 7.17. The van der Waals surface area contributed by atoms with Gasteiger partial charge in [0.1, 0.15) is 0 Å². The van der Waals surface area contributed by atoms with Crippen LogP contribution in [0.2, 0.25) is 0 Å². The quantitative estimate of drug-likeness (QED) is 0.763. The first-order chi connectivity index (χ1) is 11.3. The van der Waals surface area contributed by atoms with Gasteiger partial charge in [-0.15, -0.1) is 12.4 Å². The maximum Gasteiger partial charge on any atom is 0.260 e. The summed E-state index contributed by atoms with van der Waals surface area (Å²) in [5, 5.41) is 7.57. The second-order valence-electron chi connectivity index (χ2n) is 5.81. The molecule has 0 amide bonds. The number of rotatable bonds is 3. The van der Waals surface area contributed by atoms with Gasteiger partial charge in [0, 0.05) is 37.6 Å². The van der Waals surface area contributed by atoms with Crippen molar-refractivity contribution >= 4 is 12.4 Å². The Morgan fingerprint density at radius 2 is 1.96 bits per heavy atom. The number of aromatic amines is 1. The smallest absolute Gasteiger partial charge is 0.260 e. The number of aromatic nitrogens is 3. The minimum atomic E-state index is 0. The summed E-state index contributed by atoms with van der Waals surface area (Å²) in [4.78, 5) is 10.0. The molecule has 3 heterocycles. The number of nitrogens with one attached hydrogen (secondary N) is 2. The van der Waals surface area contributed by atoms with Crippen molar-refractivity contribution in [2.75, 3.05) is 26.7 Å². The van der Waals surface area contributed by atoms with E-state index in [4.69, 9.17) is 4.52 Å². The summed E-state index contributed by atoms with van der Waals surface area (Å²) in [6.07, 6.45) is 3.87. The Kier molecular flexibility index (Phi) is 4.99. The number of benzene rings is 1. The van der Waals surface area contributed by atoms with Gasteiger partial charge in [-0.2, -0.15) is 4.98 Å². The maximum atomic E-state index is 5.54. The zero-order valence-electron chi connectivity index (χ0n) is 13.4. The van der Waals surface area contributed by atoms with Crippen molar-refractivity contribution in [2.45, 2.75) is 6.04 Å². The maximum absolute atomic E-state index is 5.54. The third-order valence-electron chi connectivity index (χ3n) is 4.31. The van der Waals surface area contributed by atoms with E-state index in [2.05, 4.69) is 44.5 Å². The molecule has 2 aromatic heterocycles. The molecule has 3 aromatic rings. The first kappa shape index (κ1) is 16.7. The zero-order chi connectivity index (χ0) is 15.6. The zero-order valence-corrected chi connectivity index (χ0v) is 14.2. The minimum absolute atomic E-state index is 0. The van der Waals surface area contributed by atoms with Gasteiger partial charge in [-0.3, -0.25) is 4.90 Å². The van der Waals surface area contributed by atoms with Crippen LogP contribution in [0.1, 0.15) is 11.9 Å². The highest BCUT2D eigenvalue weighted by molar-refractivity contribution is 5.85. The molecule has 1 aromatic carbocycles. The lowest BCUT2D eigenvalue weighted by Crippen LogP contribution is -2.44. The van der Waals surface area contributed by atoms with Crippen LogP contribution in [0.25, 0.3) is 22.6 Å². The molecule has 1 saturated heterocycles. The van der Waals surface area contributed by atoms with Gasteiger partial charge in [-0.25, -0.2) is 0 Å². The number of halogens is 1. The van der Waals surface area contributed by atoms with Gasteiger partial charge in [0.15, 0.2) is 5.82 Å². The first-order valence-corrected chi connectivity index (χ1v) is 7.80. The van der Waals surface area contributed by atoms with E-state index in [1.54, 1.807) is 0 Å². The summed E-state index contributed by atoms with van der Waals surface area (Å²) >= 11 is 0. The Morgan fingerprint density at radius 3 is 2.75 bits per heavy atom. The third kappa shape index (κ3) is 3.08. The van der Waals surface area contributed by atoms with E-state index in [1.165, 1.54) is 0 Å². The molecule has 0 bridgehead atoms. The molecule has 126 valence electrons. The SMILES string of the molecule is CN1CCNCC1c1noc(-c2c[nH]cc2-c2ccccc2)n1.Cl. The summed E-state index contributed by atoms with van der Waals surface area (Å²) < 4.78 is 5.54. The molecule has 1 aliphatic rings. The van der Waals surface area contributed by atoms with Crippen molar-refractivity contribution in [3.05, 3.63) is 48.5 Å². The summed E-state index contributed by atoms with van der Waals surface area (Å²) in [6.45, 7) is 2.82. The first-order valence-electron chi connectivity index (χ1n) is 7.80. The van der Waals surface area contributed by atoms with Crippen LogP contribution in [0.5, 0.6) is 0 Å². The number of H-pyrrole nitrogens is 1. The molecule has 24 heavy (non-hydrogen) atoms. The minimum Gasteiger partial charge on any atom is -0.366 e. The predicted octanol–water partition coefficient (Wildman–Crippen LogP) is 2.73. The van der Waals surface area contributed by atoms with E-state index >= 15 is 0 Å². The normalized spacial score (nSPS) is 18.3. The number of nitrogens with zero attached hydrogens (tertiary/aromatic N) is 3. The summed E-state index contributed by atoms with van der Waals surface area (Å²) in [7, 11) is 2.09. The third-order valence-corrected chi connectivity index (χ3v) is 4.31. The van der Waals surface area contributed by atoms with Crippen LogP contribution >= 0.6 is 12.4 Å². The van der Waals surface area contributed by atoms with Gasteiger partial charge in [-0.1, -0.05) is 35.5 Å². The Balaban J connectivity index is 0.00000169. The van der Waals surface area contributed by atoms with Crippen LogP contribution in [0.15, 0.2) is 47.2 Å². The molecule has 7 heteroatoms. The highest BCUT2D eigenvalue weighted by Gasteiger charge is 2.26. The average Bonchev–Trinajstić information content (AvgIpc) is 3.25. The number of piperazine rings is 1. The Bertz CT molecular complexity index is 785. The molecule has 2 N–H and O–H groups in total. The molecule has 1 fully saturated rings. The molecule has 4 rings (SSSR count). The lowest BCUT2D eigenvalue weighted by atomic mass is 10.0. The molecular formula is C17H20ClN5O. The number of hydrogen-bond donors (Lipinski definition) is 2. The summed E-state index contributed by atoms with van der Waals surface area (Å²) in [6, 6.07) is 10.3. The molecule has 6 nitrogen and oxygen atoms in total. The topological polar surface area (TPSA) is 70.0 Å². The molecule has 0 spiro atoms. The molecule has 0 radical (unpaired) electrons. The lowest BCUT2D eigenvalue weighted by Gasteiger charge is -2.30. The van der Waals surface area contributed by atoms with Crippen molar-refractivity contribution in [1.82, 2.24) is 25.3 Å². The van der Waals surface area contributed by atoms with Gasteiger partial charge >= 0.3 is 0 Å². The van der Waals surface area contributed by atoms with E-state index in [-0.39, 0.29) is 18.4 Å². The van der Waals surface area contributed by atoms with E-state index < -0.39 is 0 Å². The molecule has 1 unspecified atom stereocenters. The van der Waals surface area contributed by atoms with Crippen LogP contribution in [0, 0.1) is 0 Å². The van der Waals surface area contributed by atoms with Crippen LogP contribution in [-0.2, 0) is 0 Å². The van der Waals surface area contributed by atoms with Gasteiger partial charge < -0.3 is 14.8 Å². The monoisotopic (exact) mass is 345 g/mol. The summed E-state index contributed by atoms with van der Waals surface area (Å²) in [5.41, 5.74) is 3.12. The molecule has 1 atom stereocenters. The summed E-state index contributed by atoms with van der Waals surface area (Å²) in [5.74, 6) is 1.29. The van der Waals surface area contributed by atoms with Crippen LogP contribution in [0.4, 0.5) is 0 Å². The van der Waals surface area contributed by atoms with Crippen molar-refractivity contribution < 1.29 is 4.52 Å². The average molecular weight is 346 g/mol. The van der Waals surface area contributed by atoms with Crippen molar-refractivity contribution in [3.8, 4) is 22.6 Å². The fraction of sp³-hybridized carbons (Fsp3) is 0.294. The Morgan fingerprint density at radius 1 is 1.17 bits per heavy atom. The van der Waals surface area contributed by atoms with E-state index in [0.29, 0.717) is 5.89 Å². The lowest BCUT2D eigenvalue weighted by molar-refractivity contribution is 0.190. The van der Waals surface area contributed by atoms with Gasteiger partial charge in [0.05, 0.1) is 11.6 Å². The van der Waals surface area contributed by atoms with Crippen LogP contribution < -0.4 is 5.32 Å².